The van der Waals surface area contributed by atoms with Crippen LogP contribution in [0.25, 0.3) is 15.9 Å². The van der Waals surface area contributed by atoms with Crippen molar-refractivity contribution in [3.05, 3.63) is 35.6 Å². The monoisotopic (exact) mass is 288 g/mol. The van der Waals surface area contributed by atoms with Crippen molar-refractivity contribution >= 4 is 33.2 Å². The number of fused-ring (bicyclic) bond motifs is 1. The molecule has 0 spiro atoms. The number of hydrogen-bond donors (Lipinski definition) is 1. The molecule has 0 atom stereocenters. The Balaban J connectivity index is 2.03. The lowest BCUT2D eigenvalue weighted by Gasteiger charge is -2.05. The van der Waals surface area contributed by atoms with Gasteiger partial charge in [0.15, 0.2) is 0 Å². The average Bonchev–Trinajstić information content (AvgIpc) is 3.08. The molecule has 102 valence electrons. The van der Waals surface area contributed by atoms with Crippen molar-refractivity contribution in [2.24, 2.45) is 0 Å². The number of anilines is 1. The molecule has 0 aliphatic heterocycles. The number of nitrogens with zero attached hydrogens (tertiary/aromatic N) is 3. The van der Waals surface area contributed by atoms with Crippen LogP contribution in [0.3, 0.4) is 0 Å². The minimum Gasteiger partial charge on any atom is -0.462 e. The van der Waals surface area contributed by atoms with E-state index in [1.165, 1.54) is 17.5 Å². The normalized spacial score (nSPS) is 10.8. The number of nitrogen functional groups attached to an aromatic ring is 1. The van der Waals surface area contributed by atoms with Gasteiger partial charge < -0.3 is 10.5 Å². The van der Waals surface area contributed by atoms with Gasteiger partial charge in [-0.3, -0.25) is 0 Å². The highest BCUT2D eigenvalue weighted by Crippen LogP contribution is 2.28. The smallest absolute Gasteiger partial charge is 0.341 e. The van der Waals surface area contributed by atoms with Crippen LogP contribution >= 0.6 is 11.3 Å². The van der Waals surface area contributed by atoms with E-state index in [0.717, 1.165) is 10.2 Å². The summed E-state index contributed by atoms with van der Waals surface area (Å²) in [7, 11) is 0. The maximum absolute atomic E-state index is 11.6. The lowest BCUT2D eigenvalue weighted by atomic mass is 10.2. The summed E-state index contributed by atoms with van der Waals surface area (Å²) in [6.07, 6.45) is 3.06. The summed E-state index contributed by atoms with van der Waals surface area (Å²) in [5.74, 6) is -0.396. The van der Waals surface area contributed by atoms with Crippen LogP contribution in [-0.4, -0.2) is 27.3 Å². The van der Waals surface area contributed by atoms with Crippen LogP contribution in [0, 0.1) is 0 Å². The van der Waals surface area contributed by atoms with Crippen molar-refractivity contribution in [2.75, 3.05) is 12.3 Å². The third-order valence-corrected chi connectivity index (χ3v) is 3.65. The quantitative estimate of drug-likeness (QED) is 0.590. The fourth-order valence-corrected chi connectivity index (χ4v) is 2.61. The predicted octanol–water partition coefficient (Wildman–Crippen LogP) is 2.24. The molecule has 0 fully saturated rings. The van der Waals surface area contributed by atoms with Gasteiger partial charge in [-0.2, -0.15) is 5.10 Å². The number of hydrogen-bond acceptors (Lipinski definition) is 6. The SMILES string of the molecule is CCOC(=O)c1cnn(-c2ccc3scnc3c2N)c1. The van der Waals surface area contributed by atoms with Crippen LogP contribution in [0.15, 0.2) is 30.0 Å². The number of esters is 1. The summed E-state index contributed by atoms with van der Waals surface area (Å²) in [5, 5.41) is 4.15. The van der Waals surface area contributed by atoms with E-state index < -0.39 is 5.97 Å². The summed E-state index contributed by atoms with van der Waals surface area (Å²) in [4.78, 5) is 15.9. The van der Waals surface area contributed by atoms with Crippen molar-refractivity contribution in [2.45, 2.75) is 6.92 Å². The van der Waals surface area contributed by atoms with Gasteiger partial charge in [-0.25, -0.2) is 14.5 Å². The van der Waals surface area contributed by atoms with Crippen LogP contribution in [-0.2, 0) is 4.74 Å². The van der Waals surface area contributed by atoms with Crippen molar-refractivity contribution < 1.29 is 9.53 Å². The molecular weight excluding hydrogens is 276 g/mol. The van der Waals surface area contributed by atoms with Crippen LogP contribution in [0.1, 0.15) is 17.3 Å². The van der Waals surface area contributed by atoms with E-state index in [-0.39, 0.29) is 0 Å². The molecule has 0 bridgehead atoms. The van der Waals surface area contributed by atoms with E-state index in [2.05, 4.69) is 10.1 Å². The molecule has 0 unspecified atom stereocenters. The molecule has 0 saturated heterocycles. The molecule has 3 aromatic rings. The van der Waals surface area contributed by atoms with Gasteiger partial charge in [-0.15, -0.1) is 11.3 Å². The summed E-state index contributed by atoms with van der Waals surface area (Å²) in [5.41, 5.74) is 10.2. The van der Waals surface area contributed by atoms with Crippen molar-refractivity contribution in [3.63, 3.8) is 0 Å². The lowest BCUT2D eigenvalue weighted by Crippen LogP contribution is -2.04. The number of nitrogens with two attached hydrogens (primary N) is 1. The van der Waals surface area contributed by atoms with E-state index in [1.807, 2.05) is 12.1 Å². The molecule has 2 N–H and O–H groups in total. The molecule has 6 nitrogen and oxygen atoms in total. The highest BCUT2D eigenvalue weighted by molar-refractivity contribution is 7.16. The maximum Gasteiger partial charge on any atom is 0.341 e. The second-order valence-electron chi connectivity index (χ2n) is 4.09. The fraction of sp³-hybridized carbons (Fsp3) is 0.154. The predicted molar refractivity (Wildman–Crippen MR) is 77.1 cm³/mol. The van der Waals surface area contributed by atoms with Gasteiger partial charge in [-0.05, 0) is 19.1 Å². The lowest BCUT2D eigenvalue weighted by molar-refractivity contribution is 0.0526. The zero-order valence-electron chi connectivity index (χ0n) is 10.7. The van der Waals surface area contributed by atoms with Crippen LogP contribution in [0.4, 0.5) is 5.69 Å². The van der Waals surface area contributed by atoms with Gasteiger partial charge in [0.2, 0.25) is 0 Å². The molecule has 7 heteroatoms. The summed E-state index contributed by atoms with van der Waals surface area (Å²) in [6.45, 7) is 2.09. The standard InChI is InChI=1S/C13H12N4O2S/c1-2-19-13(18)8-5-16-17(6-8)9-3-4-10-12(11(9)14)15-7-20-10/h3-7H,2,14H2,1H3. The number of benzene rings is 1. The first-order valence-electron chi connectivity index (χ1n) is 6.04. The summed E-state index contributed by atoms with van der Waals surface area (Å²) < 4.78 is 7.50. The Bertz CT molecular complexity index is 778. The maximum atomic E-state index is 11.6. The van der Waals surface area contributed by atoms with Gasteiger partial charge in [0, 0.05) is 6.20 Å². The highest BCUT2D eigenvalue weighted by Gasteiger charge is 2.13. The van der Waals surface area contributed by atoms with Crippen LogP contribution < -0.4 is 5.73 Å². The van der Waals surface area contributed by atoms with Gasteiger partial charge in [0.05, 0.1) is 40.0 Å². The molecule has 0 aliphatic rings. The molecule has 0 aliphatic carbocycles. The van der Waals surface area contributed by atoms with Crippen molar-refractivity contribution in [1.29, 1.82) is 0 Å². The highest BCUT2D eigenvalue weighted by atomic mass is 32.1. The Hall–Kier alpha value is -2.41. The minimum atomic E-state index is -0.396. The minimum absolute atomic E-state index is 0.330. The number of carbonyl (C=O) groups is 1. The molecule has 1 aromatic carbocycles. The first-order chi connectivity index (χ1) is 9.70. The second kappa shape index (κ2) is 4.93. The van der Waals surface area contributed by atoms with Gasteiger partial charge in [0.1, 0.15) is 5.52 Å². The average molecular weight is 288 g/mol. The van der Waals surface area contributed by atoms with E-state index >= 15 is 0 Å². The first kappa shape index (κ1) is 12.6. The number of carbonyl (C=O) groups excluding carboxylic acids is 1. The molecular formula is C13H12N4O2S. The Kier molecular flexibility index (Phi) is 3.11. The Labute approximate surface area is 118 Å². The van der Waals surface area contributed by atoms with Gasteiger partial charge in [0.25, 0.3) is 0 Å². The molecule has 2 heterocycles. The van der Waals surface area contributed by atoms with Crippen molar-refractivity contribution in [1.82, 2.24) is 14.8 Å². The third kappa shape index (κ3) is 2.01. The van der Waals surface area contributed by atoms with E-state index in [1.54, 1.807) is 23.3 Å². The number of aromatic nitrogens is 3. The molecule has 2 aromatic heterocycles. The molecule has 3 rings (SSSR count). The van der Waals surface area contributed by atoms with Crippen molar-refractivity contribution in [3.8, 4) is 5.69 Å². The van der Waals surface area contributed by atoms with E-state index in [9.17, 15) is 4.79 Å². The third-order valence-electron chi connectivity index (χ3n) is 2.86. The Morgan fingerprint density at radius 2 is 2.35 bits per heavy atom. The number of rotatable bonds is 3. The second-order valence-corrected chi connectivity index (χ2v) is 4.98. The topological polar surface area (TPSA) is 83.0 Å². The largest absolute Gasteiger partial charge is 0.462 e. The van der Waals surface area contributed by atoms with Crippen LogP contribution in [0.5, 0.6) is 0 Å². The zero-order chi connectivity index (χ0) is 14.1. The number of ether oxygens (including phenoxy) is 1. The van der Waals surface area contributed by atoms with Crippen LogP contribution in [0.2, 0.25) is 0 Å². The molecule has 20 heavy (non-hydrogen) atoms. The molecule has 0 amide bonds. The number of thiazole rings is 1. The molecule has 0 radical (unpaired) electrons. The summed E-state index contributed by atoms with van der Waals surface area (Å²) >= 11 is 1.53. The zero-order valence-corrected chi connectivity index (χ0v) is 11.6. The summed E-state index contributed by atoms with van der Waals surface area (Å²) in [6, 6.07) is 3.79. The fourth-order valence-electron chi connectivity index (χ4n) is 1.92. The van der Waals surface area contributed by atoms with Gasteiger partial charge in [-0.1, -0.05) is 0 Å². The molecule has 0 saturated carbocycles. The van der Waals surface area contributed by atoms with E-state index in [0.29, 0.717) is 23.5 Å². The van der Waals surface area contributed by atoms with E-state index in [4.69, 9.17) is 10.5 Å². The first-order valence-corrected chi connectivity index (χ1v) is 6.92. The Morgan fingerprint density at radius 3 is 3.15 bits per heavy atom. The Morgan fingerprint density at radius 1 is 1.50 bits per heavy atom. The van der Waals surface area contributed by atoms with Gasteiger partial charge >= 0.3 is 5.97 Å².